The predicted molar refractivity (Wildman–Crippen MR) is 142 cm³/mol. The molecule has 12 heteroatoms. The van der Waals surface area contributed by atoms with E-state index in [9.17, 15) is 14.3 Å². The summed E-state index contributed by atoms with van der Waals surface area (Å²) in [5, 5.41) is 14.0. The molecule has 37 heavy (non-hydrogen) atoms. The van der Waals surface area contributed by atoms with E-state index in [2.05, 4.69) is 10.3 Å². The van der Waals surface area contributed by atoms with Crippen LogP contribution in [0.15, 0.2) is 18.3 Å². The van der Waals surface area contributed by atoms with Crippen LogP contribution in [0.3, 0.4) is 0 Å². The first-order chi connectivity index (χ1) is 17.7. The number of carbonyl (C=O) groups is 1. The molecular formula is C25H30Cl2FN7O2. The van der Waals surface area contributed by atoms with Crippen molar-refractivity contribution in [1.82, 2.24) is 19.5 Å². The third-order valence-electron chi connectivity index (χ3n) is 7.63. The van der Waals surface area contributed by atoms with Crippen molar-refractivity contribution in [1.29, 1.82) is 0 Å². The molecule has 198 valence electrons. The van der Waals surface area contributed by atoms with E-state index in [1.54, 1.807) is 6.20 Å². The lowest BCUT2D eigenvalue weighted by atomic mass is 9.85. The van der Waals surface area contributed by atoms with Gasteiger partial charge in [-0.1, -0.05) is 36.0 Å². The number of aliphatic hydroxyl groups is 1. The summed E-state index contributed by atoms with van der Waals surface area (Å²) < 4.78 is 15.8. The smallest absolute Gasteiger partial charge is 0.227 e. The number of aromatic nitrogens is 4. The number of imidazole rings is 1. The number of benzene rings is 1. The number of primary amides is 1. The van der Waals surface area contributed by atoms with Gasteiger partial charge in [-0.15, -0.1) is 0 Å². The van der Waals surface area contributed by atoms with Crippen LogP contribution in [0.2, 0.25) is 10.0 Å². The molecular weight excluding hydrogens is 520 g/mol. The van der Waals surface area contributed by atoms with Crippen molar-refractivity contribution in [3.8, 4) is 0 Å². The fraction of sp³-hybridized carbons (Fsp3) is 0.520. The number of anilines is 3. The molecule has 2 heterocycles. The minimum atomic E-state index is -0.540. The number of fused-ring (bicyclic) bond motifs is 1. The largest absolute Gasteiger partial charge is 0.391 e. The predicted octanol–water partition coefficient (Wildman–Crippen LogP) is 4.97. The monoisotopic (exact) mass is 549 g/mol. The second kappa shape index (κ2) is 10.6. The Morgan fingerprint density at radius 1 is 1.14 bits per heavy atom. The highest BCUT2D eigenvalue weighted by atomic mass is 35.5. The molecule has 2 aliphatic carbocycles. The third kappa shape index (κ3) is 5.19. The molecule has 4 N–H and O–H groups in total. The highest BCUT2D eigenvalue weighted by Gasteiger charge is 2.31. The fourth-order valence-electron chi connectivity index (χ4n) is 5.57. The summed E-state index contributed by atoms with van der Waals surface area (Å²) >= 11 is 12.6. The van der Waals surface area contributed by atoms with Gasteiger partial charge < -0.3 is 21.1 Å². The standard InChI is InChI=1S/C25H30Cl2FN7O2/c1-34(19-4-2-3-5-20(19)36)24-30-12-18-23(33-24)35(15-8-6-13(7-9-15)22(29)37)25(31-18)32-21-16(26)10-14(28)11-17(21)27/h10-13,15,19-20,36H,2-9H2,1H3,(H2,29,37)(H,31,32)/t13-,15-,19-,20-/m0/s1. The van der Waals surface area contributed by atoms with Crippen LogP contribution < -0.4 is 16.0 Å². The zero-order valence-corrected chi connectivity index (χ0v) is 22.0. The molecule has 3 aromatic rings. The SMILES string of the molecule is CN(c1ncc2nc(Nc3c(Cl)cc(F)cc3Cl)n([C@H]3CC[C@H](C(N)=O)CC3)c2n1)[C@H]1CCCC[C@@H]1O. The minimum absolute atomic E-state index is 0.0190. The second-order valence-corrected chi connectivity index (χ2v) is 10.8. The maximum atomic E-state index is 13.8. The van der Waals surface area contributed by atoms with E-state index in [0.29, 0.717) is 54.4 Å². The Morgan fingerprint density at radius 2 is 1.81 bits per heavy atom. The average molecular weight is 550 g/mol. The topological polar surface area (TPSA) is 122 Å². The van der Waals surface area contributed by atoms with E-state index in [0.717, 1.165) is 25.7 Å². The van der Waals surface area contributed by atoms with Crippen LogP contribution in [-0.2, 0) is 4.79 Å². The molecule has 9 nitrogen and oxygen atoms in total. The third-order valence-corrected chi connectivity index (χ3v) is 8.23. The number of carbonyl (C=O) groups excluding carboxylic acids is 1. The zero-order chi connectivity index (χ0) is 26.3. The molecule has 2 atom stereocenters. The average Bonchev–Trinajstić information content (AvgIpc) is 3.23. The Kier molecular flexibility index (Phi) is 7.42. The number of amides is 1. The number of nitrogens with one attached hydrogen (secondary N) is 1. The van der Waals surface area contributed by atoms with Gasteiger partial charge in [0.05, 0.1) is 34.1 Å². The summed E-state index contributed by atoms with van der Waals surface area (Å²) in [6.45, 7) is 0. The van der Waals surface area contributed by atoms with Crippen LogP contribution in [0.25, 0.3) is 11.2 Å². The van der Waals surface area contributed by atoms with Crippen LogP contribution in [0.1, 0.15) is 57.4 Å². The van der Waals surface area contributed by atoms with Crippen molar-refractivity contribution >= 4 is 57.9 Å². The number of hydrogen-bond acceptors (Lipinski definition) is 7. The molecule has 5 rings (SSSR count). The summed E-state index contributed by atoms with van der Waals surface area (Å²) in [5.41, 5.74) is 7.07. The van der Waals surface area contributed by atoms with Gasteiger partial charge in [-0.05, 0) is 50.7 Å². The van der Waals surface area contributed by atoms with Crippen molar-refractivity contribution in [2.75, 3.05) is 17.3 Å². The van der Waals surface area contributed by atoms with E-state index in [4.69, 9.17) is 38.9 Å². The number of likely N-dealkylation sites (N-methyl/N-ethyl adjacent to an activating group) is 1. The molecule has 0 bridgehead atoms. The van der Waals surface area contributed by atoms with Crippen molar-refractivity contribution in [2.24, 2.45) is 11.7 Å². The number of nitrogens with two attached hydrogens (primary N) is 1. The first-order valence-corrected chi connectivity index (χ1v) is 13.3. The van der Waals surface area contributed by atoms with E-state index in [1.807, 2.05) is 16.5 Å². The van der Waals surface area contributed by atoms with Crippen molar-refractivity contribution in [2.45, 2.75) is 69.6 Å². The number of hydrogen-bond donors (Lipinski definition) is 3. The van der Waals surface area contributed by atoms with Crippen LogP contribution >= 0.6 is 23.2 Å². The van der Waals surface area contributed by atoms with Gasteiger partial charge in [0.15, 0.2) is 5.65 Å². The van der Waals surface area contributed by atoms with Gasteiger partial charge in [0.2, 0.25) is 17.8 Å². The summed E-state index contributed by atoms with van der Waals surface area (Å²) in [4.78, 5) is 27.8. The maximum absolute atomic E-state index is 13.8. The molecule has 0 spiro atoms. The molecule has 2 fully saturated rings. The maximum Gasteiger partial charge on any atom is 0.227 e. The Hall–Kier alpha value is -2.69. The minimum Gasteiger partial charge on any atom is -0.391 e. The Morgan fingerprint density at radius 3 is 2.46 bits per heavy atom. The molecule has 2 saturated carbocycles. The highest BCUT2D eigenvalue weighted by Crippen LogP contribution is 2.39. The van der Waals surface area contributed by atoms with Gasteiger partial charge in [0.25, 0.3) is 0 Å². The van der Waals surface area contributed by atoms with Gasteiger partial charge in [-0.2, -0.15) is 4.98 Å². The lowest BCUT2D eigenvalue weighted by molar-refractivity contribution is -0.122. The molecule has 0 unspecified atom stereocenters. The van der Waals surface area contributed by atoms with Crippen LogP contribution in [-0.4, -0.2) is 49.7 Å². The molecule has 1 aromatic carbocycles. The molecule has 0 radical (unpaired) electrons. The second-order valence-electron chi connectivity index (χ2n) is 9.99. The number of halogens is 3. The normalized spacial score (nSPS) is 24.2. The Labute approximate surface area is 224 Å². The van der Waals surface area contributed by atoms with Gasteiger partial charge in [-0.3, -0.25) is 9.36 Å². The number of rotatable bonds is 6. The lowest BCUT2D eigenvalue weighted by Gasteiger charge is -2.35. The van der Waals surface area contributed by atoms with Gasteiger partial charge in [0, 0.05) is 19.0 Å². The zero-order valence-electron chi connectivity index (χ0n) is 20.5. The molecule has 2 aromatic heterocycles. The van der Waals surface area contributed by atoms with Gasteiger partial charge in [0.1, 0.15) is 11.3 Å². The van der Waals surface area contributed by atoms with Crippen molar-refractivity contribution in [3.05, 3.63) is 34.2 Å². The summed E-state index contributed by atoms with van der Waals surface area (Å²) in [7, 11) is 1.90. The first-order valence-electron chi connectivity index (χ1n) is 12.6. The molecule has 0 saturated heterocycles. The summed E-state index contributed by atoms with van der Waals surface area (Å²) in [6.07, 6.45) is 7.62. The van der Waals surface area contributed by atoms with Gasteiger partial charge >= 0.3 is 0 Å². The molecule has 0 aliphatic heterocycles. The van der Waals surface area contributed by atoms with Crippen LogP contribution in [0.5, 0.6) is 0 Å². The van der Waals surface area contributed by atoms with Crippen molar-refractivity contribution in [3.63, 3.8) is 0 Å². The Balaban J connectivity index is 1.56. The fourth-order valence-corrected chi connectivity index (χ4v) is 6.12. The summed E-state index contributed by atoms with van der Waals surface area (Å²) in [6, 6.07) is 2.28. The molecule has 1 amide bonds. The van der Waals surface area contributed by atoms with Gasteiger partial charge in [-0.25, -0.2) is 14.4 Å². The number of nitrogens with zero attached hydrogens (tertiary/aromatic N) is 5. The Bertz CT molecular complexity index is 1290. The first kappa shape index (κ1) is 25.9. The van der Waals surface area contributed by atoms with E-state index < -0.39 is 11.9 Å². The summed E-state index contributed by atoms with van der Waals surface area (Å²) in [5.74, 6) is -0.0428. The lowest BCUT2D eigenvalue weighted by Crippen LogP contribution is -2.44. The van der Waals surface area contributed by atoms with Crippen LogP contribution in [0.4, 0.5) is 22.0 Å². The highest BCUT2D eigenvalue weighted by molar-refractivity contribution is 6.39. The van der Waals surface area contributed by atoms with E-state index in [1.165, 1.54) is 12.1 Å². The molecule has 2 aliphatic rings. The number of aliphatic hydroxyl groups excluding tert-OH is 1. The van der Waals surface area contributed by atoms with E-state index in [-0.39, 0.29) is 34.0 Å². The quantitative estimate of drug-likeness (QED) is 0.396. The van der Waals surface area contributed by atoms with Crippen LogP contribution in [0, 0.1) is 11.7 Å². The van der Waals surface area contributed by atoms with E-state index >= 15 is 0 Å². The van der Waals surface area contributed by atoms with Crippen molar-refractivity contribution < 1.29 is 14.3 Å².